The van der Waals surface area contributed by atoms with Gasteiger partial charge >= 0.3 is 0 Å². The lowest BCUT2D eigenvalue weighted by Gasteiger charge is -2.36. The lowest BCUT2D eigenvalue weighted by molar-refractivity contribution is 0.0566. The van der Waals surface area contributed by atoms with Gasteiger partial charge < -0.3 is 14.2 Å². The summed E-state index contributed by atoms with van der Waals surface area (Å²) < 4.78 is 5.29. The van der Waals surface area contributed by atoms with Crippen molar-refractivity contribution >= 4 is 5.91 Å². The molecule has 0 aromatic carbocycles. The van der Waals surface area contributed by atoms with Gasteiger partial charge in [0.05, 0.1) is 6.26 Å². The van der Waals surface area contributed by atoms with Crippen LogP contribution in [0.3, 0.4) is 0 Å². The van der Waals surface area contributed by atoms with Crippen LogP contribution >= 0.6 is 0 Å². The molecule has 1 aromatic rings. The van der Waals surface area contributed by atoms with E-state index in [1.165, 1.54) is 12.8 Å². The van der Waals surface area contributed by atoms with Crippen molar-refractivity contribution in [1.29, 1.82) is 0 Å². The second kappa shape index (κ2) is 6.93. The highest BCUT2D eigenvalue weighted by atomic mass is 16.3. The monoisotopic (exact) mass is 278 g/mol. The van der Waals surface area contributed by atoms with Gasteiger partial charge in [-0.3, -0.25) is 4.79 Å². The Bertz CT molecular complexity index is 406. The number of likely N-dealkylation sites (N-methyl/N-ethyl adjacent to an activating group) is 1. The zero-order valence-corrected chi connectivity index (χ0v) is 12.8. The van der Waals surface area contributed by atoms with E-state index in [0.29, 0.717) is 11.8 Å². The molecule has 1 heterocycles. The average molecular weight is 278 g/mol. The molecule has 1 aromatic heterocycles. The maximum absolute atomic E-state index is 12.6. The zero-order chi connectivity index (χ0) is 14.5. The third-order valence-electron chi connectivity index (χ3n) is 4.21. The van der Waals surface area contributed by atoms with Gasteiger partial charge in [0.1, 0.15) is 0 Å². The molecule has 1 saturated carbocycles. The predicted molar refractivity (Wildman–Crippen MR) is 79.7 cm³/mol. The maximum atomic E-state index is 12.6. The van der Waals surface area contributed by atoms with Crippen LogP contribution in [0.2, 0.25) is 0 Å². The summed E-state index contributed by atoms with van der Waals surface area (Å²) in [7, 11) is 4.08. The van der Waals surface area contributed by atoms with E-state index in [0.717, 1.165) is 31.8 Å². The number of carbonyl (C=O) groups is 1. The van der Waals surface area contributed by atoms with Gasteiger partial charge in [0.15, 0.2) is 5.76 Å². The lowest BCUT2D eigenvalue weighted by Crippen LogP contribution is -2.45. The molecule has 4 nitrogen and oxygen atoms in total. The molecule has 0 radical (unpaired) electrons. The first-order valence-corrected chi connectivity index (χ1v) is 7.57. The summed E-state index contributed by atoms with van der Waals surface area (Å²) in [4.78, 5) is 16.8. The standard InChI is InChI=1S/C16H26N2O2/c1-13-6-8-14(9-7-13)18(11-10-17(2)3)16(19)15-5-4-12-20-15/h4-5,12-14H,6-11H2,1-3H3/t13-,14-. The Kier molecular flexibility index (Phi) is 5.24. The summed E-state index contributed by atoms with van der Waals surface area (Å²) in [6.45, 7) is 3.96. The van der Waals surface area contributed by atoms with E-state index in [1.54, 1.807) is 18.4 Å². The Balaban J connectivity index is 2.05. The Morgan fingerprint density at radius 1 is 1.25 bits per heavy atom. The van der Waals surface area contributed by atoms with Crippen molar-refractivity contribution in [2.45, 2.75) is 38.6 Å². The van der Waals surface area contributed by atoms with Crippen LogP contribution in [0.25, 0.3) is 0 Å². The van der Waals surface area contributed by atoms with Crippen molar-refractivity contribution in [3.8, 4) is 0 Å². The maximum Gasteiger partial charge on any atom is 0.289 e. The van der Waals surface area contributed by atoms with Crippen LogP contribution in [0.4, 0.5) is 0 Å². The second-order valence-corrected chi connectivity index (χ2v) is 6.19. The Morgan fingerprint density at radius 3 is 2.50 bits per heavy atom. The van der Waals surface area contributed by atoms with Gasteiger partial charge in [0, 0.05) is 19.1 Å². The predicted octanol–water partition coefficient (Wildman–Crippen LogP) is 2.86. The van der Waals surface area contributed by atoms with Gasteiger partial charge in [-0.25, -0.2) is 0 Å². The number of hydrogen-bond acceptors (Lipinski definition) is 3. The highest BCUT2D eigenvalue weighted by Crippen LogP contribution is 2.28. The van der Waals surface area contributed by atoms with Crippen LogP contribution in [0.5, 0.6) is 0 Å². The number of nitrogens with zero attached hydrogens (tertiary/aromatic N) is 2. The van der Waals surface area contributed by atoms with Gasteiger partial charge in [-0.15, -0.1) is 0 Å². The highest BCUT2D eigenvalue weighted by molar-refractivity contribution is 5.91. The van der Waals surface area contributed by atoms with E-state index >= 15 is 0 Å². The fourth-order valence-corrected chi connectivity index (χ4v) is 2.85. The first-order valence-electron chi connectivity index (χ1n) is 7.57. The molecule has 0 N–H and O–H groups in total. The Morgan fingerprint density at radius 2 is 1.95 bits per heavy atom. The summed E-state index contributed by atoms with van der Waals surface area (Å²) in [6, 6.07) is 3.90. The zero-order valence-electron chi connectivity index (χ0n) is 12.8. The number of furan rings is 1. The molecule has 112 valence electrons. The van der Waals surface area contributed by atoms with Crippen LogP contribution in [0.15, 0.2) is 22.8 Å². The molecule has 2 rings (SSSR count). The van der Waals surface area contributed by atoms with Crippen molar-refractivity contribution in [2.75, 3.05) is 27.2 Å². The molecule has 1 fully saturated rings. The highest BCUT2D eigenvalue weighted by Gasteiger charge is 2.29. The van der Waals surface area contributed by atoms with E-state index < -0.39 is 0 Å². The van der Waals surface area contributed by atoms with Gasteiger partial charge in [0.25, 0.3) is 5.91 Å². The SMILES string of the molecule is CN(C)CCN(C(=O)c1ccco1)[C@H]1CC[C@H](C)CC1. The fraction of sp³-hybridized carbons (Fsp3) is 0.688. The smallest absolute Gasteiger partial charge is 0.289 e. The molecule has 20 heavy (non-hydrogen) atoms. The van der Waals surface area contributed by atoms with Gasteiger partial charge in [-0.05, 0) is 57.8 Å². The molecule has 0 bridgehead atoms. The molecule has 0 unspecified atom stereocenters. The summed E-state index contributed by atoms with van der Waals surface area (Å²) >= 11 is 0. The fourth-order valence-electron chi connectivity index (χ4n) is 2.85. The third kappa shape index (κ3) is 3.85. The van der Waals surface area contributed by atoms with E-state index in [1.807, 2.05) is 19.0 Å². The van der Waals surface area contributed by atoms with Crippen molar-refractivity contribution in [1.82, 2.24) is 9.80 Å². The largest absolute Gasteiger partial charge is 0.459 e. The summed E-state index contributed by atoms with van der Waals surface area (Å²) in [5.74, 6) is 1.29. The normalized spacial score (nSPS) is 23.0. The minimum absolute atomic E-state index is 0.0383. The molecule has 0 saturated heterocycles. The Hall–Kier alpha value is -1.29. The van der Waals surface area contributed by atoms with Crippen molar-refractivity contribution in [2.24, 2.45) is 5.92 Å². The van der Waals surface area contributed by atoms with Gasteiger partial charge in [0.2, 0.25) is 0 Å². The summed E-state index contributed by atoms with van der Waals surface area (Å²) in [5, 5.41) is 0. The number of hydrogen-bond donors (Lipinski definition) is 0. The number of amides is 1. The van der Waals surface area contributed by atoms with Crippen LogP contribution in [0.1, 0.15) is 43.2 Å². The topological polar surface area (TPSA) is 36.7 Å². The third-order valence-corrected chi connectivity index (χ3v) is 4.21. The van der Waals surface area contributed by atoms with Crippen LogP contribution in [-0.2, 0) is 0 Å². The summed E-state index contributed by atoms with van der Waals surface area (Å²) in [5.41, 5.74) is 0. The quantitative estimate of drug-likeness (QED) is 0.831. The minimum Gasteiger partial charge on any atom is -0.459 e. The van der Waals surface area contributed by atoms with E-state index in [4.69, 9.17) is 4.42 Å². The lowest BCUT2D eigenvalue weighted by atomic mass is 9.86. The molecular weight excluding hydrogens is 252 g/mol. The molecule has 0 atom stereocenters. The minimum atomic E-state index is 0.0383. The van der Waals surface area contributed by atoms with Gasteiger partial charge in [-0.1, -0.05) is 6.92 Å². The number of carbonyl (C=O) groups excluding carboxylic acids is 1. The van der Waals surface area contributed by atoms with Crippen molar-refractivity contribution in [3.05, 3.63) is 24.2 Å². The van der Waals surface area contributed by atoms with Crippen molar-refractivity contribution in [3.63, 3.8) is 0 Å². The molecule has 1 amide bonds. The van der Waals surface area contributed by atoms with E-state index in [2.05, 4.69) is 11.8 Å². The Labute approximate surface area is 121 Å². The molecule has 4 heteroatoms. The van der Waals surface area contributed by atoms with Crippen molar-refractivity contribution < 1.29 is 9.21 Å². The second-order valence-electron chi connectivity index (χ2n) is 6.19. The van der Waals surface area contributed by atoms with Crippen LogP contribution in [0, 0.1) is 5.92 Å². The average Bonchev–Trinajstić information content (AvgIpc) is 2.94. The first kappa shape index (κ1) is 15.1. The molecule has 1 aliphatic carbocycles. The van der Waals surface area contributed by atoms with E-state index in [-0.39, 0.29) is 5.91 Å². The first-order chi connectivity index (χ1) is 9.58. The summed E-state index contributed by atoms with van der Waals surface area (Å²) in [6.07, 6.45) is 6.23. The molecule has 0 aliphatic heterocycles. The van der Waals surface area contributed by atoms with Crippen LogP contribution in [-0.4, -0.2) is 48.9 Å². The number of rotatable bonds is 5. The molecular formula is C16H26N2O2. The molecule has 1 aliphatic rings. The molecule has 0 spiro atoms. The van der Waals surface area contributed by atoms with E-state index in [9.17, 15) is 4.79 Å². The van der Waals surface area contributed by atoms with Crippen LogP contribution < -0.4 is 0 Å². The van der Waals surface area contributed by atoms with Gasteiger partial charge in [-0.2, -0.15) is 0 Å².